The minimum absolute atomic E-state index is 0.0360. The summed E-state index contributed by atoms with van der Waals surface area (Å²) in [6.07, 6.45) is 3.29. The Kier molecular flexibility index (Phi) is 7.33. The molecule has 0 amide bonds. The predicted molar refractivity (Wildman–Crippen MR) is 129 cm³/mol. The van der Waals surface area contributed by atoms with Crippen molar-refractivity contribution in [3.8, 4) is 5.75 Å². The molecule has 2 fully saturated rings. The molecule has 0 saturated carbocycles. The molecule has 7 nitrogen and oxygen atoms in total. The Bertz CT molecular complexity index is 1210. The van der Waals surface area contributed by atoms with E-state index in [9.17, 15) is 21.2 Å². The zero-order valence-electron chi connectivity index (χ0n) is 19.4. The van der Waals surface area contributed by atoms with Crippen LogP contribution in [0.2, 0.25) is 0 Å². The van der Waals surface area contributed by atoms with Gasteiger partial charge in [-0.1, -0.05) is 36.4 Å². The van der Waals surface area contributed by atoms with Crippen molar-refractivity contribution in [2.75, 3.05) is 19.3 Å². The van der Waals surface area contributed by atoms with E-state index in [1.54, 1.807) is 12.1 Å². The molecule has 2 saturated heterocycles. The third kappa shape index (κ3) is 5.45. The fourth-order valence-corrected chi connectivity index (χ4v) is 7.79. The topological polar surface area (TPSA) is 84.0 Å². The molecule has 0 aliphatic carbocycles. The molecule has 2 atom stereocenters. The number of nitrogens with zero attached hydrogens (tertiary/aromatic N) is 2. The van der Waals surface area contributed by atoms with Gasteiger partial charge in [0, 0.05) is 37.3 Å². The molecule has 0 radical (unpaired) electrons. The van der Waals surface area contributed by atoms with E-state index >= 15 is 0 Å². The van der Waals surface area contributed by atoms with Crippen LogP contribution in [0.5, 0.6) is 5.75 Å². The standard InChI is InChI=1S/C24H31FN2O5S2/c1-18-8-11-24(19-6-4-3-5-7-19)34(30,31)27(18)17-20-9-10-22(16-23(20)25)32-21-12-14-26(15-13-21)33(2,28)29/h3-7,9-10,16,18,21,24H,8,11-15,17H2,1-2H3. The zero-order chi connectivity index (χ0) is 24.5. The molecule has 0 spiro atoms. The van der Waals surface area contributed by atoms with Gasteiger partial charge < -0.3 is 4.74 Å². The molecule has 2 aliphatic rings. The fraction of sp³-hybridized carbons (Fsp3) is 0.500. The van der Waals surface area contributed by atoms with Crippen LogP contribution in [-0.2, 0) is 26.6 Å². The van der Waals surface area contributed by atoms with Crippen LogP contribution in [-0.4, -0.2) is 56.9 Å². The van der Waals surface area contributed by atoms with E-state index in [0.29, 0.717) is 50.1 Å². The van der Waals surface area contributed by atoms with Crippen molar-refractivity contribution in [2.45, 2.75) is 56.5 Å². The predicted octanol–water partition coefficient (Wildman–Crippen LogP) is 3.68. The van der Waals surface area contributed by atoms with Crippen molar-refractivity contribution < 1.29 is 26.0 Å². The molecule has 4 rings (SSSR count). The molecule has 2 aromatic rings. The summed E-state index contributed by atoms with van der Waals surface area (Å²) < 4.78 is 73.8. The Hall–Kier alpha value is -2.01. The lowest BCUT2D eigenvalue weighted by Crippen LogP contribution is -2.44. The van der Waals surface area contributed by atoms with Crippen molar-refractivity contribution in [3.63, 3.8) is 0 Å². The van der Waals surface area contributed by atoms with Crippen molar-refractivity contribution in [2.24, 2.45) is 0 Å². The van der Waals surface area contributed by atoms with Crippen molar-refractivity contribution in [1.82, 2.24) is 8.61 Å². The summed E-state index contributed by atoms with van der Waals surface area (Å²) in [6, 6.07) is 13.4. The smallest absolute Gasteiger partial charge is 0.221 e. The van der Waals surface area contributed by atoms with Gasteiger partial charge in [0.15, 0.2) is 0 Å². The molecule has 2 unspecified atom stereocenters. The number of hydrogen-bond donors (Lipinski definition) is 0. The molecule has 186 valence electrons. The molecular formula is C24H31FN2O5S2. The van der Waals surface area contributed by atoms with E-state index in [1.165, 1.54) is 20.9 Å². The van der Waals surface area contributed by atoms with E-state index in [-0.39, 0.29) is 18.7 Å². The average molecular weight is 511 g/mol. The fourth-order valence-electron chi connectivity index (χ4n) is 4.72. The number of piperidine rings is 1. The van der Waals surface area contributed by atoms with Gasteiger partial charge in [-0.3, -0.25) is 0 Å². The SMILES string of the molecule is CC1CCC(c2ccccc2)S(=O)(=O)N1Cc1ccc(OC2CCN(S(C)(=O)=O)CC2)cc1F. The number of rotatable bonds is 6. The third-order valence-corrected chi connectivity index (χ3v) is 10.4. The van der Waals surface area contributed by atoms with E-state index in [1.807, 2.05) is 37.3 Å². The third-order valence-electron chi connectivity index (χ3n) is 6.72. The second kappa shape index (κ2) is 9.93. The van der Waals surface area contributed by atoms with Crippen LogP contribution in [0.4, 0.5) is 4.39 Å². The molecule has 0 bridgehead atoms. The first kappa shape index (κ1) is 25.1. The average Bonchev–Trinajstić information content (AvgIpc) is 2.78. The Balaban J connectivity index is 1.45. The highest BCUT2D eigenvalue weighted by Gasteiger charge is 2.40. The van der Waals surface area contributed by atoms with Crippen LogP contribution >= 0.6 is 0 Å². The number of ether oxygens (including phenoxy) is 1. The van der Waals surface area contributed by atoms with Crippen LogP contribution in [0.25, 0.3) is 0 Å². The quantitative estimate of drug-likeness (QED) is 0.592. The van der Waals surface area contributed by atoms with Crippen molar-refractivity contribution in [1.29, 1.82) is 0 Å². The molecule has 2 aromatic carbocycles. The zero-order valence-corrected chi connectivity index (χ0v) is 21.1. The maximum absolute atomic E-state index is 15.0. The summed E-state index contributed by atoms with van der Waals surface area (Å²) >= 11 is 0. The number of benzene rings is 2. The van der Waals surface area contributed by atoms with Crippen molar-refractivity contribution >= 4 is 20.0 Å². The van der Waals surface area contributed by atoms with Gasteiger partial charge >= 0.3 is 0 Å². The monoisotopic (exact) mass is 510 g/mol. The molecule has 0 N–H and O–H groups in total. The van der Waals surface area contributed by atoms with Crippen molar-refractivity contribution in [3.05, 3.63) is 65.5 Å². The highest BCUT2D eigenvalue weighted by molar-refractivity contribution is 7.89. The lowest BCUT2D eigenvalue weighted by molar-refractivity contribution is 0.135. The molecule has 34 heavy (non-hydrogen) atoms. The lowest BCUT2D eigenvalue weighted by Gasteiger charge is -2.37. The second-order valence-corrected chi connectivity index (χ2v) is 13.2. The van der Waals surface area contributed by atoms with Gasteiger partial charge in [-0.15, -0.1) is 0 Å². The Morgan fingerprint density at radius 1 is 1.03 bits per heavy atom. The van der Waals surface area contributed by atoms with Crippen LogP contribution in [0.1, 0.15) is 49.0 Å². The van der Waals surface area contributed by atoms with Crippen LogP contribution < -0.4 is 4.74 Å². The normalized spacial score (nSPS) is 24.7. The highest BCUT2D eigenvalue weighted by Crippen LogP contribution is 2.38. The molecule has 0 aromatic heterocycles. The second-order valence-electron chi connectivity index (χ2n) is 9.15. The first-order valence-corrected chi connectivity index (χ1v) is 14.9. The summed E-state index contributed by atoms with van der Waals surface area (Å²) in [6.45, 7) is 2.57. The number of halogens is 1. The van der Waals surface area contributed by atoms with Gasteiger partial charge in [0.2, 0.25) is 20.0 Å². The molecular weight excluding hydrogens is 479 g/mol. The highest BCUT2D eigenvalue weighted by atomic mass is 32.2. The summed E-state index contributed by atoms with van der Waals surface area (Å²) in [5.41, 5.74) is 1.05. The molecule has 2 aliphatic heterocycles. The molecule has 10 heteroatoms. The lowest BCUT2D eigenvalue weighted by atomic mass is 10.0. The number of hydrogen-bond acceptors (Lipinski definition) is 5. The van der Waals surface area contributed by atoms with Gasteiger partial charge in [-0.05, 0) is 44.2 Å². The van der Waals surface area contributed by atoms with Crippen LogP contribution in [0.15, 0.2) is 48.5 Å². The van der Waals surface area contributed by atoms with E-state index in [4.69, 9.17) is 4.74 Å². The Morgan fingerprint density at radius 2 is 1.71 bits per heavy atom. The van der Waals surface area contributed by atoms with Crippen LogP contribution in [0.3, 0.4) is 0 Å². The van der Waals surface area contributed by atoms with Gasteiger partial charge in [-0.25, -0.2) is 25.5 Å². The molecule has 2 heterocycles. The summed E-state index contributed by atoms with van der Waals surface area (Å²) in [4.78, 5) is 0. The minimum atomic E-state index is -3.65. The van der Waals surface area contributed by atoms with Gasteiger partial charge in [0.1, 0.15) is 22.9 Å². The van der Waals surface area contributed by atoms with Gasteiger partial charge in [-0.2, -0.15) is 4.31 Å². The maximum atomic E-state index is 15.0. The van der Waals surface area contributed by atoms with E-state index < -0.39 is 31.1 Å². The number of sulfonamides is 2. The van der Waals surface area contributed by atoms with E-state index in [0.717, 1.165) is 5.56 Å². The largest absolute Gasteiger partial charge is 0.490 e. The van der Waals surface area contributed by atoms with E-state index in [2.05, 4.69) is 0 Å². The maximum Gasteiger partial charge on any atom is 0.221 e. The summed E-state index contributed by atoms with van der Waals surface area (Å²) in [5.74, 6) is -0.161. The summed E-state index contributed by atoms with van der Waals surface area (Å²) in [5, 5.41) is -0.631. The van der Waals surface area contributed by atoms with Crippen LogP contribution in [0, 0.1) is 5.82 Å². The van der Waals surface area contributed by atoms with Gasteiger partial charge in [0.05, 0.1) is 6.26 Å². The minimum Gasteiger partial charge on any atom is -0.490 e. The first-order chi connectivity index (χ1) is 16.1. The Morgan fingerprint density at radius 3 is 2.32 bits per heavy atom. The first-order valence-electron chi connectivity index (χ1n) is 11.5. The Labute approximate surface area is 201 Å². The summed E-state index contributed by atoms with van der Waals surface area (Å²) in [7, 11) is -6.87. The van der Waals surface area contributed by atoms with Gasteiger partial charge in [0.25, 0.3) is 0 Å².